The van der Waals surface area contributed by atoms with Gasteiger partial charge in [-0.3, -0.25) is 9.59 Å². The second-order valence-electron chi connectivity index (χ2n) is 12.7. The molecule has 5 heteroatoms. The van der Waals surface area contributed by atoms with Crippen LogP contribution in [0.2, 0.25) is 0 Å². The van der Waals surface area contributed by atoms with Gasteiger partial charge in [0.05, 0.1) is 12.6 Å². The van der Waals surface area contributed by atoms with Crippen molar-refractivity contribution < 1.29 is 19.4 Å². The first-order valence-corrected chi connectivity index (χ1v) is 14.3. The standard InChI is InChI=1S/C29H49NO4/c1-6-8-20(7-2)30-17-27(33)34-26-16-21(32)15-19-9-10-22-24-12-11-23(18(3)31)28(24,4)14-13-25(22)29(19,26)5/h19-26,30,32H,6-17H2,1-5H3/t19-,20?,21-,22-,23+,24-,25-,26?,28+,29-/m0/s1. The molecule has 0 heterocycles. The summed E-state index contributed by atoms with van der Waals surface area (Å²) < 4.78 is 6.24. The van der Waals surface area contributed by atoms with E-state index in [-0.39, 0.29) is 41.5 Å². The number of carbonyl (C=O) groups excluding carboxylic acids is 2. The van der Waals surface area contributed by atoms with Gasteiger partial charge in [-0.05, 0) is 93.8 Å². The van der Waals surface area contributed by atoms with Crippen LogP contribution in [0, 0.1) is 40.4 Å². The number of hydrogen-bond acceptors (Lipinski definition) is 5. The molecule has 0 saturated heterocycles. The SMILES string of the molecule is CCCC(CC)NCC(=O)OC1C[C@@H](O)C[C@@H]2CC[C@H]3[C@@H]4CC[C@H](C(C)=O)[C@@]4(C)CC[C@@H]3[C@@]12C. The average molecular weight is 476 g/mol. The molecule has 10 atom stereocenters. The molecule has 34 heavy (non-hydrogen) atoms. The Bertz CT molecular complexity index is 754. The molecule has 5 nitrogen and oxygen atoms in total. The highest BCUT2D eigenvalue weighted by Crippen LogP contribution is 2.67. The molecule has 0 radical (unpaired) electrons. The number of ketones is 1. The molecule has 2 unspecified atom stereocenters. The summed E-state index contributed by atoms with van der Waals surface area (Å²) >= 11 is 0. The van der Waals surface area contributed by atoms with E-state index in [4.69, 9.17) is 4.74 Å². The minimum absolute atomic E-state index is 0.0823. The molecule has 4 fully saturated rings. The van der Waals surface area contributed by atoms with Crippen molar-refractivity contribution in [2.24, 2.45) is 40.4 Å². The van der Waals surface area contributed by atoms with E-state index in [1.165, 1.54) is 6.42 Å². The van der Waals surface area contributed by atoms with E-state index in [0.717, 1.165) is 57.8 Å². The Morgan fingerprint density at radius 3 is 2.50 bits per heavy atom. The van der Waals surface area contributed by atoms with Gasteiger partial charge in [0.2, 0.25) is 0 Å². The highest BCUT2D eigenvalue weighted by Gasteiger charge is 2.63. The fourth-order valence-electron chi connectivity index (χ4n) is 9.34. The van der Waals surface area contributed by atoms with Gasteiger partial charge < -0.3 is 15.2 Å². The average Bonchev–Trinajstić information content (AvgIpc) is 3.15. The van der Waals surface area contributed by atoms with Gasteiger partial charge in [-0.15, -0.1) is 0 Å². The van der Waals surface area contributed by atoms with Crippen LogP contribution >= 0.6 is 0 Å². The number of esters is 1. The highest BCUT2D eigenvalue weighted by molar-refractivity contribution is 5.79. The molecular weight excluding hydrogens is 426 g/mol. The summed E-state index contributed by atoms with van der Waals surface area (Å²) in [5, 5.41) is 14.1. The van der Waals surface area contributed by atoms with Crippen LogP contribution in [0.1, 0.15) is 105 Å². The maximum atomic E-state index is 13.0. The molecule has 2 N–H and O–H groups in total. The summed E-state index contributed by atoms with van der Waals surface area (Å²) in [6.07, 6.45) is 10.7. The Labute approximate surface area is 207 Å². The molecule has 4 aliphatic carbocycles. The lowest BCUT2D eigenvalue weighted by Gasteiger charge is -2.62. The molecule has 0 aromatic heterocycles. The van der Waals surface area contributed by atoms with Gasteiger partial charge in [-0.1, -0.05) is 34.1 Å². The highest BCUT2D eigenvalue weighted by atomic mass is 16.5. The first-order chi connectivity index (χ1) is 16.1. The fraction of sp³-hybridized carbons (Fsp3) is 0.931. The molecule has 0 bridgehead atoms. The quantitative estimate of drug-likeness (QED) is 0.467. The lowest BCUT2D eigenvalue weighted by molar-refractivity contribution is -0.202. The zero-order chi connectivity index (χ0) is 24.7. The number of rotatable bonds is 8. The smallest absolute Gasteiger partial charge is 0.320 e. The number of Topliss-reactive ketones (excluding diaryl/α,β-unsaturated/α-hetero) is 1. The van der Waals surface area contributed by atoms with Crippen molar-refractivity contribution in [2.75, 3.05) is 6.54 Å². The summed E-state index contributed by atoms with van der Waals surface area (Å²) in [6.45, 7) is 11.1. The summed E-state index contributed by atoms with van der Waals surface area (Å²) in [6, 6.07) is 0.351. The van der Waals surface area contributed by atoms with Gasteiger partial charge >= 0.3 is 5.97 Å². The monoisotopic (exact) mass is 475 g/mol. The third kappa shape index (κ3) is 4.49. The molecule has 0 aromatic carbocycles. The lowest BCUT2D eigenvalue weighted by Crippen LogP contribution is -2.60. The first-order valence-electron chi connectivity index (χ1n) is 14.3. The second-order valence-corrected chi connectivity index (χ2v) is 12.7. The number of carbonyl (C=O) groups is 2. The van der Waals surface area contributed by atoms with Gasteiger partial charge in [0, 0.05) is 23.8 Å². The molecule has 0 aliphatic heterocycles. The Balaban J connectivity index is 1.51. The van der Waals surface area contributed by atoms with E-state index in [0.29, 0.717) is 41.9 Å². The lowest BCUT2D eigenvalue weighted by atomic mass is 9.44. The van der Waals surface area contributed by atoms with E-state index in [2.05, 4.69) is 33.0 Å². The topological polar surface area (TPSA) is 75.6 Å². The van der Waals surface area contributed by atoms with Gasteiger partial charge in [-0.2, -0.15) is 0 Å². The molecule has 4 saturated carbocycles. The molecule has 0 spiro atoms. The normalized spacial score (nSPS) is 44.5. The molecular formula is C29H49NO4. The molecule has 194 valence electrons. The van der Waals surface area contributed by atoms with Crippen LogP contribution in [0.15, 0.2) is 0 Å². The number of ether oxygens (including phenoxy) is 1. The predicted octanol–water partition coefficient (Wildman–Crippen LogP) is 5.29. The number of nitrogens with one attached hydrogen (secondary N) is 1. The van der Waals surface area contributed by atoms with Crippen LogP contribution in [0.4, 0.5) is 0 Å². The Hall–Kier alpha value is -0.940. The Morgan fingerprint density at radius 1 is 1.06 bits per heavy atom. The summed E-state index contributed by atoms with van der Waals surface area (Å²) in [5.41, 5.74) is 0.0515. The summed E-state index contributed by atoms with van der Waals surface area (Å²) in [4.78, 5) is 25.4. The number of fused-ring (bicyclic) bond motifs is 5. The van der Waals surface area contributed by atoms with Crippen LogP contribution in [-0.4, -0.2) is 41.7 Å². The van der Waals surface area contributed by atoms with E-state index in [1.54, 1.807) is 6.92 Å². The largest absolute Gasteiger partial charge is 0.461 e. The molecule has 0 amide bonds. The van der Waals surface area contributed by atoms with Crippen molar-refractivity contribution in [3.63, 3.8) is 0 Å². The molecule has 4 rings (SSSR count). The van der Waals surface area contributed by atoms with Gasteiger partial charge in [0.15, 0.2) is 0 Å². The maximum Gasteiger partial charge on any atom is 0.320 e. The van der Waals surface area contributed by atoms with Gasteiger partial charge in [0.25, 0.3) is 0 Å². The van der Waals surface area contributed by atoms with Crippen LogP contribution < -0.4 is 5.32 Å². The number of hydrogen-bond donors (Lipinski definition) is 2. The summed E-state index contributed by atoms with van der Waals surface area (Å²) in [5.74, 6) is 2.53. The van der Waals surface area contributed by atoms with E-state index in [9.17, 15) is 14.7 Å². The minimum Gasteiger partial charge on any atom is -0.461 e. The Kier molecular flexibility index (Phi) is 7.84. The maximum absolute atomic E-state index is 13.0. The van der Waals surface area contributed by atoms with Crippen molar-refractivity contribution in [2.45, 2.75) is 123 Å². The fourth-order valence-corrected chi connectivity index (χ4v) is 9.34. The second kappa shape index (κ2) is 10.2. The predicted molar refractivity (Wildman–Crippen MR) is 134 cm³/mol. The van der Waals surface area contributed by atoms with Crippen molar-refractivity contribution in [3.8, 4) is 0 Å². The van der Waals surface area contributed by atoms with Crippen LogP contribution in [-0.2, 0) is 14.3 Å². The third-order valence-corrected chi connectivity index (χ3v) is 11.1. The van der Waals surface area contributed by atoms with Crippen molar-refractivity contribution in [1.82, 2.24) is 5.32 Å². The van der Waals surface area contributed by atoms with Crippen LogP contribution in [0.5, 0.6) is 0 Å². The van der Waals surface area contributed by atoms with Crippen molar-refractivity contribution in [1.29, 1.82) is 0 Å². The molecule has 0 aromatic rings. The summed E-state index contributed by atoms with van der Waals surface area (Å²) in [7, 11) is 0. The zero-order valence-electron chi connectivity index (χ0n) is 22.3. The number of aliphatic hydroxyl groups excluding tert-OH is 1. The van der Waals surface area contributed by atoms with Crippen LogP contribution in [0.25, 0.3) is 0 Å². The zero-order valence-corrected chi connectivity index (χ0v) is 22.3. The van der Waals surface area contributed by atoms with E-state index < -0.39 is 0 Å². The molecule has 4 aliphatic rings. The van der Waals surface area contributed by atoms with Crippen molar-refractivity contribution in [3.05, 3.63) is 0 Å². The van der Waals surface area contributed by atoms with E-state index >= 15 is 0 Å². The van der Waals surface area contributed by atoms with Crippen molar-refractivity contribution >= 4 is 11.8 Å². The van der Waals surface area contributed by atoms with Gasteiger partial charge in [0.1, 0.15) is 11.9 Å². The van der Waals surface area contributed by atoms with E-state index in [1.807, 2.05) is 0 Å². The number of aliphatic hydroxyl groups is 1. The Morgan fingerprint density at radius 2 is 1.82 bits per heavy atom. The first kappa shape index (κ1) is 26.1. The van der Waals surface area contributed by atoms with Gasteiger partial charge in [-0.25, -0.2) is 0 Å². The van der Waals surface area contributed by atoms with Crippen LogP contribution in [0.3, 0.4) is 0 Å². The third-order valence-electron chi connectivity index (χ3n) is 11.1. The minimum atomic E-state index is -0.383.